The van der Waals surface area contributed by atoms with Crippen LogP contribution >= 0.6 is 0 Å². The number of carbonyl (C=O) groups excluding carboxylic acids is 4. The molecule has 40 nitrogen and oxygen atoms in total. The van der Waals surface area contributed by atoms with Crippen molar-refractivity contribution in [2.45, 2.75) is 242 Å². The van der Waals surface area contributed by atoms with Gasteiger partial charge >= 0.3 is 0 Å². The highest BCUT2D eigenvalue weighted by Crippen LogP contribution is 2.38. The summed E-state index contributed by atoms with van der Waals surface area (Å²) in [6, 6.07) is -7.14. The van der Waals surface area contributed by atoms with Gasteiger partial charge in [-0.25, -0.2) is 0 Å². The van der Waals surface area contributed by atoms with Crippen LogP contribution in [-0.4, -0.2) is 382 Å². The van der Waals surface area contributed by atoms with Crippen LogP contribution in [0.1, 0.15) is 27.7 Å². The van der Waals surface area contributed by atoms with Crippen LogP contribution in [0.2, 0.25) is 0 Å². The number of carbonyl (C=O) groups is 4. The molecule has 0 spiro atoms. The van der Waals surface area contributed by atoms with E-state index in [9.17, 15) is 116 Å². The van der Waals surface area contributed by atoms with Gasteiger partial charge in [-0.15, -0.1) is 0 Å². The molecule has 7 aliphatic heterocycles. The molecule has 0 unspecified atom stereocenters. The predicted molar refractivity (Wildman–Crippen MR) is 278 cm³/mol. The van der Waals surface area contributed by atoms with E-state index >= 15 is 0 Å². The van der Waals surface area contributed by atoms with E-state index in [0.29, 0.717) is 0 Å². The second-order valence-corrected chi connectivity index (χ2v) is 22.5. The Morgan fingerprint density at radius 2 is 0.522 bits per heavy atom. The summed E-state index contributed by atoms with van der Waals surface area (Å²) in [5.41, 5.74) is 0. The predicted octanol–water partition coefficient (Wildman–Crippen LogP) is -15.7. The zero-order valence-electron chi connectivity index (χ0n) is 48.6. The molecular weight excluding hydrogens is 1230 g/mol. The summed E-state index contributed by atoms with van der Waals surface area (Å²) in [7, 11) is 0. The monoisotopic (exact) mass is 1320 g/mol. The lowest BCUT2D eigenvalue weighted by Crippen LogP contribution is -2.72. The Bertz CT molecular complexity index is 2310. The highest BCUT2D eigenvalue weighted by atomic mass is 16.8. The molecule has 0 saturated carbocycles. The molecule has 7 saturated heterocycles. The molecule has 23 N–H and O–H groups in total. The Hall–Kier alpha value is -3.40. The molecule has 7 aliphatic rings. The topological polar surface area (TPSA) is 621 Å². The second kappa shape index (κ2) is 32.4. The molecule has 0 aromatic rings. The second-order valence-electron chi connectivity index (χ2n) is 22.5. The maximum Gasteiger partial charge on any atom is 0.217 e. The number of ether oxygens (including phenoxy) is 13. The average molecular weight is 1320 g/mol. The van der Waals surface area contributed by atoms with Crippen LogP contribution in [0.15, 0.2) is 0 Å². The van der Waals surface area contributed by atoms with Crippen LogP contribution in [-0.2, 0) is 80.8 Å². The number of rotatable bonds is 23. The van der Waals surface area contributed by atoms with Gasteiger partial charge < -0.3 is 180 Å². The third-order valence-corrected chi connectivity index (χ3v) is 16.2. The third kappa shape index (κ3) is 16.3. The first-order valence-electron chi connectivity index (χ1n) is 28.6. The number of aliphatic hydroxyl groups is 19. The van der Waals surface area contributed by atoms with Gasteiger partial charge in [-0.05, 0) is 0 Å². The Balaban J connectivity index is 1.12. The quantitative estimate of drug-likeness (QED) is 0.0452. The number of hydrogen-bond acceptors (Lipinski definition) is 36. The molecule has 0 aromatic heterocycles. The summed E-state index contributed by atoms with van der Waals surface area (Å²) in [6.45, 7) is -3.12. The van der Waals surface area contributed by atoms with Crippen LogP contribution in [0, 0.1) is 0 Å². The number of amides is 4. The van der Waals surface area contributed by atoms with Crippen molar-refractivity contribution in [1.29, 1.82) is 0 Å². The van der Waals surface area contributed by atoms with Crippen LogP contribution in [0.5, 0.6) is 0 Å². The molecule has 520 valence electrons. The van der Waals surface area contributed by atoms with E-state index in [-0.39, 0.29) is 0 Å². The van der Waals surface area contributed by atoms with E-state index in [2.05, 4.69) is 21.3 Å². The summed E-state index contributed by atoms with van der Waals surface area (Å²) < 4.78 is 75.8. The van der Waals surface area contributed by atoms with E-state index in [1.165, 1.54) is 0 Å². The van der Waals surface area contributed by atoms with Gasteiger partial charge in [0.15, 0.2) is 44.0 Å². The minimum atomic E-state index is -2.22. The van der Waals surface area contributed by atoms with Gasteiger partial charge in [-0.2, -0.15) is 0 Å². The number of hydrogen-bond donors (Lipinski definition) is 23. The minimum Gasteiger partial charge on any atom is -0.394 e. The fourth-order valence-electron chi connectivity index (χ4n) is 11.6. The number of nitrogens with one attached hydrogen (secondary N) is 4. The minimum absolute atomic E-state index is 0.772. The summed E-state index contributed by atoms with van der Waals surface area (Å²) in [6.07, 6.45) is -59.8. The van der Waals surface area contributed by atoms with E-state index < -0.39 is 285 Å². The Labute approximate surface area is 510 Å². The van der Waals surface area contributed by atoms with E-state index in [0.717, 1.165) is 27.7 Å². The molecule has 4 amide bonds. The van der Waals surface area contributed by atoms with Gasteiger partial charge in [-0.3, -0.25) is 19.2 Å². The van der Waals surface area contributed by atoms with Crippen molar-refractivity contribution < 1.29 is 178 Å². The summed E-state index contributed by atoms with van der Waals surface area (Å²) in [5, 5.41) is 216. The molecule has 0 aromatic carbocycles. The largest absolute Gasteiger partial charge is 0.394 e. The molecule has 7 fully saturated rings. The molecule has 0 aliphatic carbocycles. The van der Waals surface area contributed by atoms with Crippen molar-refractivity contribution in [3.63, 3.8) is 0 Å². The first-order valence-corrected chi connectivity index (χ1v) is 28.6. The normalized spacial score (nSPS) is 47.6. The molecule has 7 rings (SSSR count). The molecular formula is C50H84N4O36. The van der Waals surface area contributed by atoms with Crippen LogP contribution < -0.4 is 21.3 Å². The van der Waals surface area contributed by atoms with Gasteiger partial charge in [0.05, 0.1) is 46.2 Å². The maximum atomic E-state index is 13.0. The third-order valence-electron chi connectivity index (χ3n) is 16.2. The van der Waals surface area contributed by atoms with Crippen molar-refractivity contribution in [3.8, 4) is 0 Å². The Kier molecular flexibility index (Phi) is 26.6. The first kappa shape index (κ1) is 74.0. The summed E-state index contributed by atoms with van der Waals surface area (Å²) >= 11 is 0. The van der Waals surface area contributed by atoms with Crippen molar-refractivity contribution in [1.82, 2.24) is 21.3 Å². The Morgan fingerprint density at radius 1 is 0.267 bits per heavy atom. The molecule has 40 heteroatoms. The zero-order chi connectivity index (χ0) is 66.5. The fraction of sp³-hybridized carbons (Fsp3) is 0.920. The lowest BCUT2D eigenvalue weighted by atomic mass is 9.93. The molecule has 35 atom stereocenters. The highest BCUT2D eigenvalue weighted by Gasteiger charge is 2.59. The van der Waals surface area contributed by atoms with E-state index in [1.54, 1.807) is 0 Å². The lowest BCUT2D eigenvalue weighted by Gasteiger charge is -2.51. The summed E-state index contributed by atoms with van der Waals surface area (Å²) in [4.78, 5) is 50.8. The van der Waals surface area contributed by atoms with Gasteiger partial charge in [0, 0.05) is 27.7 Å². The van der Waals surface area contributed by atoms with Crippen molar-refractivity contribution >= 4 is 23.6 Å². The first-order chi connectivity index (χ1) is 42.6. The van der Waals surface area contributed by atoms with E-state index in [1.807, 2.05) is 0 Å². The zero-order valence-corrected chi connectivity index (χ0v) is 48.6. The smallest absolute Gasteiger partial charge is 0.217 e. The number of aliphatic hydroxyl groups excluding tert-OH is 19. The lowest BCUT2D eigenvalue weighted by molar-refractivity contribution is -0.382. The van der Waals surface area contributed by atoms with Crippen molar-refractivity contribution in [3.05, 3.63) is 0 Å². The van der Waals surface area contributed by atoms with Crippen molar-refractivity contribution in [2.24, 2.45) is 0 Å². The maximum absolute atomic E-state index is 13.0. The fourth-order valence-corrected chi connectivity index (χ4v) is 11.6. The van der Waals surface area contributed by atoms with Gasteiger partial charge in [0.1, 0.15) is 171 Å². The van der Waals surface area contributed by atoms with Gasteiger partial charge in [0.25, 0.3) is 0 Å². The average Bonchev–Trinajstić information content (AvgIpc) is 0.819. The van der Waals surface area contributed by atoms with Gasteiger partial charge in [0.2, 0.25) is 23.6 Å². The highest BCUT2D eigenvalue weighted by molar-refractivity contribution is 5.74. The van der Waals surface area contributed by atoms with E-state index in [4.69, 9.17) is 61.6 Å². The molecule has 0 bridgehead atoms. The van der Waals surface area contributed by atoms with Gasteiger partial charge in [-0.1, -0.05) is 0 Å². The standard InChI is InChI=1S/C50H84N4O36/c1-12(62)51-23-31(70)27(66)16(5-55)79-45(23)89-43-30(69)19(8-58)82-50(37(43)76)88-41-26(54-15(4)65)48(80-17(6-56)28(41)67)86-39-22(11-61)83-46(24(32(39)71)52-13(2)63)85-38-21(10-60)84-47(25(33(38)72)53-14(3)64)90-42-29(68)18(7-57)81-49(36(42)75)87-40-20(9-59)78-44(77)35(74)34(40)73/h16-50,55-61,66-77H,5-11H2,1-4H3,(H,51,62)(H,52,63)(H,53,64)(H,54,65)/t16-,17-,18-,19-,20-,21-,22-,23-,24-,25-,26-,27-,28+,29-,30+,31-,32-,33-,34-,35-,36+,37-,38-,39+,40-,41-,42+,43+,44-,45+,46+,47+,48-,49+,50+/m1/s1. The molecule has 0 radical (unpaired) electrons. The SMILES string of the molecule is CC(=O)N[C@H]1[C@H](O[C@H]2[C@H](O)[C@@H](NC(C)=O)[C@H](O[C@@H]3[C@H](O)[C@H](O[C@H]4[C@H](O)[C@@H](O)[C@H](O)O[C@@H]4CO)O[C@H](CO)[C@H]3O)O[C@@H]2CO)O[C@H](CO)[C@H](O[C@H]2O[C@H](CO)[C@H](O)[C@H](O[C@@H]3O[C@H](CO)[C@H](O)[C@H](O[C@@H]4O[C@H](CO)[C@@H](O)[C@H](O)[C@H]4NC(C)=O)[C@H]3O)[C@H]2NC(C)=O)[C@@H]1O. The van der Waals surface area contributed by atoms with Crippen LogP contribution in [0.3, 0.4) is 0 Å². The molecule has 90 heavy (non-hydrogen) atoms. The van der Waals surface area contributed by atoms with Crippen molar-refractivity contribution in [2.75, 3.05) is 46.2 Å². The molecule has 7 heterocycles. The Morgan fingerprint density at radius 3 is 0.889 bits per heavy atom. The van der Waals surface area contributed by atoms with Crippen LogP contribution in [0.25, 0.3) is 0 Å². The summed E-state index contributed by atoms with van der Waals surface area (Å²) in [5.74, 6) is -3.44. The van der Waals surface area contributed by atoms with Crippen LogP contribution in [0.4, 0.5) is 0 Å².